The van der Waals surface area contributed by atoms with Gasteiger partial charge in [0.1, 0.15) is 5.76 Å². The Labute approximate surface area is 195 Å². The number of aromatic nitrogens is 1. The first kappa shape index (κ1) is 22.7. The lowest BCUT2D eigenvalue weighted by Crippen LogP contribution is -2.44. The Kier molecular flexibility index (Phi) is 8.62. The van der Waals surface area contributed by atoms with E-state index < -0.39 is 0 Å². The molecule has 0 aliphatic carbocycles. The molecule has 3 heterocycles. The molecule has 30 heavy (non-hydrogen) atoms. The van der Waals surface area contributed by atoms with Gasteiger partial charge < -0.3 is 20.0 Å². The molecule has 6 nitrogen and oxygen atoms in total. The number of nitrogens with zero attached hydrogens (tertiary/aromatic N) is 2. The van der Waals surface area contributed by atoms with Crippen molar-refractivity contribution in [2.75, 3.05) is 26.2 Å². The monoisotopic (exact) mass is 521 g/mol. The van der Waals surface area contributed by atoms with Crippen molar-refractivity contribution in [1.82, 2.24) is 20.5 Å². The number of hydrogen-bond acceptors (Lipinski definition) is 3. The summed E-state index contributed by atoms with van der Waals surface area (Å²) >= 11 is 0. The number of guanidine groups is 1. The van der Waals surface area contributed by atoms with Gasteiger partial charge in [-0.1, -0.05) is 24.6 Å². The van der Waals surface area contributed by atoms with Crippen LogP contribution in [0.15, 0.2) is 58.1 Å². The van der Waals surface area contributed by atoms with E-state index in [4.69, 9.17) is 9.41 Å². The number of para-hydroxylation sites is 1. The molecule has 162 valence electrons. The zero-order valence-corrected chi connectivity index (χ0v) is 19.9. The van der Waals surface area contributed by atoms with Gasteiger partial charge in [-0.05, 0) is 62.5 Å². The van der Waals surface area contributed by atoms with Crippen LogP contribution in [0.4, 0.5) is 0 Å². The molecule has 0 amide bonds. The van der Waals surface area contributed by atoms with Gasteiger partial charge in [0.2, 0.25) is 0 Å². The summed E-state index contributed by atoms with van der Waals surface area (Å²) in [5.74, 6) is 1.85. The van der Waals surface area contributed by atoms with E-state index in [0.717, 1.165) is 49.1 Å². The molecular weight excluding hydrogens is 489 g/mol. The fraction of sp³-hybridized carbons (Fsp3) is 0.435. The minimum atomic E-state index is 0. The number of furan rings is 1. The van der Waals surface area contributed by atoms with Crippen LogP contribution >= 0.6 is 24.0 Å². The molecule has 2 aromatic heterocycles. The SMILES string of the molecule is CCNC(=NCc1cc2ccccc2[nH]1)NCC(c1ccco1)N1CCCCC1.I. The van der Waals surface area contributed by atoms with E-state index in [1.807, 2.05) is 12.1 Å². The molecular formula is C23H32IN5O. The summed E-state index contributed by atoms with van der Waals surface area (Å²) in [5, 5.41) is 8.12. The molecule has 1 unspecified atom stereocenters. The zero-order chi connectivity index (χ0) is 19.9. The highest BCUT2D eigenvalue weighted by Gasteiger charge is 2.24. The van der Waals surface area contributed by atoms with Crippen LogP contribution in [0.2, 0.25) is 0 Å². The van der Waals surface area contributed by atoms with Crippen molar-refractivity contribution in [3.8, 4) is 0 Å². The van der Waals surface area contributed by atoms with E-state index in [2.05, 4.69) is 57.8 Å². The van der Waals surface area contributed by atoms with Crippen molar-refractivity contribution >= 4 is 40.8 Å². The molecule has 3 aromatic rings. The van der Waals surface area contributed by atoms with Crippen molar-refractivity contribution in [3.05, 3.63) is 60.2 Å². The maximum absolute atomic E-state index is 5.76. The largest absolute Gasteiger partial charge is 0.468 e. The minimum absolute atomic E-state index is 0. The Balaban J connectivity index is 0.00000256. The van der Waals surface area contributed by atoms with E-state index in [9.17, 15) is 0 Å². The molecule has 1 aromatic carbocycles. The van der Waals surface area contributed by atoms with Gasteiger partial charge in [-0.2, -0.15) is 0 Å². The average Bonchev–Trinajstić information content (AvgIpc) is 3.42. The number of aromatic amines is 1. The van der Waals surface area contributed by atoms with Gasteiger partial charge in [0.15, 0.2) is 5.96 Å². The van der Waals surface area contributed by atoms with Crippen molar-refractivity contribution in [1.29, 1.82) is 0 Å². The fourth-order valence-electron chi connectivity index (χ4n) is 4.04. The minimum Gasteiger partial charge on any atom is -0.468 e. The number of aliphatic imine (C=N–C) groups is 1. The third kappa shape index (κ3) is 5.78. The molecule has 1 saturated heterocycles. The molecule has 1 atom stereocenters. The number of piperidine rings is 1. The average molecular weight is 521 g/mol. The normalized spacial score (nSPS) is 16.2. The first-order chi connectivity index (χ1) is 14.3. The molecule has 1 fully saturated rings. The Hall–Kier alpha value is -2.00. The number of H-pyrrole nitrogens is 1. The number of benzene rings is 1. The lowest BCUT2D eigenvalue weighted by Gasteiger charge is -2.33. The van der Waals surface area contributed by atoms with Crippen LogP contribution in [-0.2, 0) is 6.54 Å². The highest BCUT2D eigenvalue weighted by atomic mass is 127. The van der Waals surface area contributed by atoms with Gasteiger partial charge in [0, 0.05) is 24.3 Å². The first-order valence-corrected chi connectivity index (χ1v) is 10.7. The van der Waals surface area contributed by atoms with E-state index in [0.29, 0.717) is 6.54 Å². The summed E-state index contributed by atoms with van der Waals surface area (Å²) in [6.45, 7) is 6.54. The Morgan fingerprint density at radius 3 is 2.70 bits per heavy atom. The molecule has 4 rings (SSSR count). The van der Waals surface area contributed by atoms with Crippen molar-refractivity contribution in [2.45, 2.75) is 38.8 Å². The summed E-state index contributed by atoms with van der Waals surface area (Å²) < 4.78 is 5.76. The third-order valence-electron chi connectivity index (χ3n) is 5.50. The molecule has 7 heteroatoms. The first-order valence-electron chi connectivity index (χ1n) is 10.7. The van der Waals surface area contributed by atoms with Crippen LogP contribution in [0.3, 0.4) is 0 Å². The quantitative estimate of drug-likeness (QED) is 0.240. The maximum Gasteiger partial charge on any atom is 0.191 e. The van der Waals surface area contributed by atoms with Crippen molar-refractivity contribution in [2.24, 2.45) is 4.99 Å². The van der Waals surface area contributed by atoms with E-state index in [1.54, 1.807) is 6.26 Å². The molecule has 0 spiro atoms. The summed E-state index contributed by atoms with van der Waals surface area (Å²) in [6, 6.07) is 14.8. The van der Waals surface area contributed by atoms with Crippen LogP contribution in [0, 0.1) is 0 Å². The summed E-state index contributed by atoms with van der Waals surface area (Å²) in [7, 11) is 0. The molecule has 0 bridgehead atoms. The third-order valence-corrected chi connectivity index (χ3v) is 5.50. The van der Waals surface area contributed by atoms with Gasteiger partial charge in [0.25, 0.3) is 0 Å². The maximum atomic E-state index is 5.76. The highest BCUT2D eigenvalue weighted by Crippen LogP contribution is 2.24. The Morgan fingerprint density at radius 1 is 1.13 bits per heavy atom. The van der Waals surface area contributed by atoms with Crippen molar-refractivity contribution in [3.63, 3.8) is 0 Å². The second kappa shape index (κ2) is 11.4. The molecule has 0 radical (unpaired) electrons. The molecule has 1 aliphatic heterocycles. The zero-order valence-electron chi connectivity index (χ0n) is 17.6. The fourth-order valence-corrected chi connectivity index (χ4v) is 4.04. The summed E-state index contributed by atoms with van der Waals surface area (Å²) in [4.78, 5) is 10.8. The highest BCUT2D eigenvalue weighted by molar-refractivity contribution is 14.0. The van der Waals surface area contributed by atoms with Crippen molar-refractivity contribution < 1.29 is 4.42 Å². The summed E-state index contributed by atoms with van der Waals surface area (Å²) in [6.07, 6.45) is 5.60. The van der Waals surface area contributed by atoms with Gasteiger partial charge in [0.05, 0.1) is 18.8 Å². The predicted molar refractivity (Wildman–Crippen MR) is 133 cm³/mol. The topological polar surface area (TPSA) is 68.6 Å². The van der Waals surface area contributed by atoms with Crippen LogP contribution < -0.4 is 10.6 Å². The van der Waals surface area contributed by atoms with Gasteiger partial charge >= 0.3 is 0 Å². The standard InChI is InChI=1S/C23H31N5O.HI/c1-2-24-23(25-16-19-15-18-9-4-5-10-20(18)27-19)26-17-21(22-11-8-14-29-22)28-12-6-3-7-13-28;/h4-5,8-11,14-15,21,27H,2-3,6-7,12-13,16-17H2,1H3,(H2,24,25,26);1H. The smallest absolute Gasteiger partial charge is 0.191 e. The molecule has 0 saturated carbocycles. The van der Waals surface area contributed by atoms with Gasteiger partial charge in [-0.25, -0.2) is 4.99 Å². The number of likely N-dealkylation sites (tertiary alicyclic amines) is 1. The van der Waals surface area contributed by atoms with Crippen LogP contribution in [0.5, 0.6) is 0 Å². The second-order valence-corrected chi connectivity index (χ2v) is 7.59. The Morgan fingerprint density at radius 2 is 1.97 bits per heavy atom. The second-order valence-electron chi connectivity index (χ2n) is 7.59. The van der Waals surface area contributed by atoms with Gasteiger partial charge in [-0.3, -0.25) is 4.90 Å². The van der Waals surface area contributed by atoms with E-state index in [1.165, 1.54) is 24.6 Å². The van der Waals surface area contributed by atoms with E-state index >= 15 is 0 Å². The van der Waals surface area contributed by atoms with Crippen LogP contribution in [0.25, 0.3) is 10.9 Å². The lowest BCUT2D eigenvalue weighted by molar-refractivity contribution is 0.146. The lowest BCUT2D eigenvalue weighted by atomic mass is 10.1. The number of hydrogen-bond donors (Lipinski definition) is 3. The van der Waals surface area contributed by atoms with E-state index in [-0.39, 0.29) is 30.0 Å². The summed E-state index contributed by atoms with van der Waals surface area (Å²) in [5.41, 5.74) is 2.26. The molecule has 3 N–H and O–H groups in total. The Bertz CT molecular complexity index is 882. The number of rotatable bonds is 7. The number of halogens is 1. The molecule has 1 aliphatic rings. The number of fused-ring (bicyclic) bond motifs is 1. The van der Waals surface area contributed by atoms with Crippen LogP contribution in [0.1, 0.15) is 43.7 Å². The van der Waals surface area contributed by atoms with Gasteiger partial charge in [-0.15, -0.1) is 24.0 Å². The predicted octanol–water partition coefficient (Wildman–Crippen LogP) is 4.66. The number of nitrogens with one attached hydrogen (secondary N) is 3. The van der Waals surface area contributed by atoms with Crippen LogP contribution in [-0.4, -0.2) is 42.0 Å².